The standard InChI is InChI=1S/C36H30NP2.2CHNO.Fe.2NO/c1-7-19-31(20-8-1)38(32-21-9-2-10-22-32,33-23-11-3-12-24-33)37-39(34-25-13-4-14-26-34,35-27-15-5-16-28-35)36-29-17-6-18-30-36;2*2-1-3;;2*1-2/h1-30H;2*3H;;;/q+1;;;;;/p-2. The second-order valence-corrected chi connectivity index (χ2v) is 15.9. The first-order valence-corrected chi connectivity index (χ1v) is 17.9. The van der Waals surface area contributed by atoms with Gasteiger partial charge in [-0.2, -0.15) is 0 Å². The van der Waals surface area contributed by atoms with Crippen LogP contribution in [0.3, 0.4) is 0 Å². The molecule has 12 heteroatoms. The first-order chi connectivity index (χ1) is 24.2. The number of rotatable bonds is 7. The Morgan fingerprint density at radius 2 is 0.600 bits per heavy atom. The third kappa shape index (κ3) is 10.1. The summed E-state index contributed by atoms with van der Waals surface area (Å²) >= 11 is 0. The van der Waals surface area contributed by atoms with E-state index >= 15 is 0 Å². The van der Waals surface area contributed by atoms with Gasteiger partial charge in [0, 0.05) is 45.5 Å². The number of hydrogen-bond donors (Lipinski definition) is 0. The minimum Gasteiger partial charge on any atom is -0.812 e. The second kappa shape index (κ2) is 23.6. The summed E-state index contributed by atoms with van der Waals surface area (Å²) in [5.41, 5.74) is 11.5. The van der Waals surface area contributed by atoms with Crippen LogP contribution in [0.15, 0.2) is 187 Å². The maximum absolute atomic E-state index is 8.24. The van der Waals surface area contributed by atoms with Crippen molar-refractivity contribution in [3.05, 3.63) is 192 Å². The van der Waals surface area contributed by atoms with Crippen molar-refractivity contribution in [2.75, 3.05) is 0 Å². The molecule has 0 bridgehead atoms. The van der Waals surface area contributed by atoms with Crippen LogP contribution in [-0.2, 0) is 17.1 Å². The van der Waals surface area contributed by atoms with Gasteiger partial charge in [-0.1, -0.05) is 146 Å². The number of hydrogen-bond acceptors (Lipinski definition) is 7. The predicted molar refractivity (Wildman–Crippen MR) is 195 cm³/mol. The van der Waals surface area contributed by atoms with Crippen molar-refractivity contribution in [2.24, 2.45) is 4.52 Å². The van der Waals surface area contributed by atoms with Crippen molar-refractivity contribution < 1.29 is 27.3 Å². The van der Waals surface area contributed by atoms with Crippen molar-refractivity contribution >= 4 is 46.3 Å². The van der Waals surface area contributed by atoms with E-state index in [1.807, 2.05) is 0 Å². The first-order valence-electron chi connectivity index (χ1n) is 14.4. The number of nitrogens with zero attached hydrogens (tertiary/aromatic N) is 5. The molecule has 0 N–H and O–H groups in total. The van der Waals surface area contributed by atoms with Crippen molar-refractivity contribution in [3.63, 3.8) is 0 Å². The van der Waals surface area contributed by atoms with Crippen molar-refractivity contribution in [3.8, 4) is 12.5 Å². The van der Waals surface area contributed by atoms with E-state index in [9.17, 15) is 0 Å². The fourth-order valence-electron chi connectivity index (χ4n) is 5.27. The molecule has 6 aromatic rings. The average Bonchev–Trinajstić information content (AvgIpc) is 3.20. The van der Waals surface area contributed by atoms with Gasteiger partial charge in [-0.25, -0.2) is 10.5 Å². The van der Waals surface area contributed by atoms with Crippen molar-refractivity contribution in [1.82, 2.24) is 11.2 Å². The summed E-state index contributed by atoms with van der Waals surface area (Å²) in [5.74, 6) is 0. The van der Waals surface area contributed by atoms with Gasteiger partial charge in [-0.3, -0.25) is 0 Å². The second-order valence-electron chi connectivity index (χ2n) is 9.56. The summed E-state index contributed by atoms with van der Waals surface area (Å²) in [5, 5.41) is 37.6. The van der Waals surface area contributed by atoms with Crippen LogP contribution < -0.4 is 53.2 Å². The Morgan fingerprint density at radius 3 is 0.800 bits per heavy atom. The Balaban J connectivity index is 0.00000103. The normalized spacial score (nSPS) is 9.48. The van der Waals surface area contributed by atoms with Crippen molar-refractivity contribution in [1.29, 1.82) is 10.5 Å². The van der Waals surface area contributed by atoms with Crippen LogP contribution in [0.5, 0.6) is 0 Å². The van der Waals surface area contributed by atoms with Gasteiger partial charge in [-0.15, -0.1) is 14.3 Å². The Labute approximate surface area is 303 Å². The summed E-state index contributed by atoms with van der Waals surface area (Å²) in [7, 11) is -4.99. The van der Waals surface area contributed by atoms with E-state index in [-0.39, 0.29) is 17.1 Å². The molecule has 9 nitrogen and oxygen atoms in total. The molecular weight excluding hydrogens is 708 g/mol. The molecule has 0 heterocycles. The van der Waals surface area contributed by atoms with Gasteiger partial charge in [-0.05, 0) is 36.4 Å². The maximum Gasteiger partial charge on any atom is 0.228 e. The molecule has 50 heavy (non-hydrogen) atoms. The van der Waals surface area contributed by atoms with Crippen molar-refractivity contribution in [2.45, 2.75) is 0 Å². The summed E-state index contributed by atoms with van der Waals surface area (Å²) in [6, 6.07) is 65.7. The molecule has 0 aliphatic heterocycles. The molecular formula is C38H30FeN5O4P2-. The summed E-state index contributed by atoms with van der Waals surface area (Å²) in [6.45, 7) is 0. The smallest absolute Gasteiger partial charge is 0.228 e. The van der Waals surface area contributed by atoms with Crippen LogP contribution in [-0.4, -0.2) is 0 Å². The van der Waals surface area contributed by atoms with Gasteiger partial charge in [0.05, 0.1) is 0 Å². The molecule has 0 spiro atoms. The molecule has 0 saturated carbocycles. The molecule has 0 aliphatic rings. The van der Waals surface area contributed by atoms with Gasteiger partial charge < -0.3 is 10.2 Å². The topological polar surface area (TPSA) is 185 Å². The molecule has 6 rings (SSSR count). The number of benzene rings is 6. The molecule has 0 atom stereocenters. The minimum absolute atomic E-state index is 0. The van der Waals surface area contributed by atoms with Crippen LogP contribution in [0.2, 0.25) is 0 Å². The van der Waals surface area contributed by atoms with E-state index in [1.54, 1.807) is 0 Å². The van der Waals surface area contributed by atoms with Crippen LogP contribution in [0, 0.1) is 32.8 Å². The average molecular weight is 738 g/mol. The molecule has 250 valence electrons. The maximum atomic E-state index is 8.24. The van der Waals surface area contributed by atoms with E-state index in [0.717, 1.165) is 0 Å². The monoisotopic (exact) mass is 738 g/mol. The van der Waals surface area contributed by atoms with E-state index in [0.29, 0.717) is 12.5 Å². The van der Waals surface area contributed by atoms with Crippen LogP contribution in [0.25, 0.3) is 0 Å². The Bertz CT molecular complexity index is 1720. The van der Waals surface area contributed by atoms with Crippen LogP contribution in [0.1, 0.15) is 0 Å². The summed E-state index contributed by atoms with van der Waals surface area (Å²) in [4.78, 5) is 14.5. The quantitative estimate of drug-likeness (QED) is 0.136. The molecule has 0 saturated heterocycles. The van der Waals surface area contributed by atoms with Gasteiger partial charge >= 0.3 is 0 Å². The zero-order valence-corrected chi connectivity index (χ0v) is 29.3. The van der Waals surface area contributed by atoms with E-state index in [1.165, 1.54) is 31.8 Å². The Morgan fingerprint density at radius 1 is 0.420 bits per heavy atom. The number of nitroso groups, excluding NO2 is 2. The first kappa shape index (κ1) is 42.3. The molecule has 0 aliphatic carbocycles. The van der Waals surface area contributed by atoms with E-state index in [4.69, 9.17) is 46.3 Å². The summed E-state index contributed by atoms with van der Waals surface area (Å²) < 4.78 is 6.38. The van der Waals surface area contributed by atoms with Gasteiger partial charge in [0.1, 0.15) is 34.2 Å². The summed E-state index contributed by atoms with van der Waals surface area (Å²) in [6.07, 6.45) is 1.00. The van der Waals surface area contributed by atoms with E-state index < -0.39 is 14.5 Å². The predicted octanol–water partition coefficient (Wildman–Crippen LogP) is 3.83. The Kier molecular flexibility index (Phi) is 19.9. The largest absolute Gasteiger partial charge is 0.812 e. The fourth-order valence-corrected chi connectivity index (χ4v) is 14.8. The van der Waals surface area contributed by atoms with Crippen LogP contribution >= 0.6 is 14.5 Å². The molecule has 0 aromatic heterocycles. The third-order valence-electron chi connectivity index (χ3n) is 7.05. The SMILES string of the molecule is N#C[O-].N#C[O-].[Fe].[N]=O.[N]=O.c1ccc(P(=N[P+](c2ccccc2)(c2ccccc2)c2ccccc2)(c2ccccc2)c2ccccc2)cc1. The molecule has 2 radical (unpaired) electrons. The van der Waals surface area contributed by atoms with Crippen LogP contribution in [0.4, 0.5) is 0 Å². The number of nitriles is 2. The zero-order chi connectivity index (χ0) is 35.8. The zero-order valence-electron chi connectivity index (χ0n) is 26.4. The van der Waals surface area contributed by atoms with Gasteiger partial charge in [0.2, 0.25) is 7.41 Å². The minimum atomic E-state index is -2.50. The Hall–Kier alpha value is -5.72. The molecule has 0 unspecified atom stereocenters. The van der Waals surface area contributed by atoms with E-state index in [2.05, 4.69) is 182 Å². The third-order valence-corrected chi connectivity index (χ3v) is 15.5. The molecule has 0 amide bonds. The van der Waals surface area contributed by atoms with Gasteiger partial charge in [0.15, 0.2) is 0 Å². The molecule has 0 fully saturated rings. The fraction of sp³-hybridized carbons (Fsp3) is 0. The molecule has 6 aromatic carbocycles. The van der Waals surface area contributed by atoms with Gasteiger partial charge in [0.25, 0.3) is 0 Å².